The first-order chi connectivity index (χ1) is 13.8. The number of anilines is 1. The molecule has 2 aromatic carbocycles. The minimum Gasteiger partial charge on any atom is -0.326 e. The Hall–Kier alpha value is -1.37. The Morgan fingerprint density at radius 3 is 2.48 bits per heavy atom. The lowest BCUT2D eigenvalue weighted by atomic mass is 9.85. The van der Waals surface area contributed by atoms with Crippen LogP contribution in [0.25, 0.3) is 0 Å². The lowest BCUT2D eigenvalue weighted by Gasteiger charge is -2.33. The van der Waals surface area contributed by atoms with Gasteiger partial charge in [0.05, 0.1) is 10.6 Å². The molecule has 0 radical (unpaired) electrons. The molecular weight excluding hydrogens is 447 g/mol. The zero-order valence-corrected chi connectivity index (χ0v) is 19.4. The van der Waals surface area contributed by atoms with Crippen LogP contribution in [0.15, 0.2) is 41.3 Å². The van der Waals surface area contributed by atoms with Crippen LogP contribution < -0.4 is 4.72 Å². The highest BCUT2D eigenvalue weighted by molar-refractivity contribution is 8.00. The Labute approximate surface area is 190 Å². The molecule has 1 unspecified atom stereocenters. The first kappa shape index (κ1) is 20.9. The van der Waals surface area contributed by atoms with E-state index in [1.54, 1.807) is 4.68 Å². The van der Waals surface area contributed by atoms with Crippen LogP contribution >= 0.6 is 46.8 Å². The summed E-state index contributed by atoms with van der Waals surface area (Å²) in [6, 6.07) is 12.4. The van der Waals surface area contributed by atoms with E-state index in [0.29, 0.717) is 10.2 Å². The van der Waals surface area contributed by atoms with Gasteiger partial charge >= 0.3 is 0 Å². The van der Waals surface area contributed by atoms with Gasteiger partial charge in [-0.05, 0) is 66.9 Å². The molecule has 0 saturated heterocycles. The van der Waals surface area contributed by atoms with Crippen molar-refractivity contribution in [2.75, 3.05) is 18.3 Å². The maximum atomic E-state index is 6.48. The Morgan fingerprint density at radius 2 is 1.83 bits per heavy atom. The van der Waals surface area contributed by atoms with Crippen LogP contribution in [0.1, 0.15) is 28.3 Å². The molecular formula is C21H21Cl3N4S. The van der Waals surface area contributed by atoms with Crippen molar-refractivity contribution in [1.29, 1.82) is 0 Å². The fraction of sp³-hybridized carbons (Fsp3) is 0.286. The van der Waals surface area contributed by atoms with Crippen LogP contribution in [0.2, 0.25) is 15.2 Å². The Balaban J connectivity index is 1.56. The molecule has 152 valence electrons. The number of nitrogens with one attached hydrogen (secondary N) is 1. The second kappa shape index (κ2) is 8.40. The first-order valence-electron chi connectivity index (χ1n) is 9.21. The summed E-state index contributed by atoms with van der Waals surface area (Å²) in [5, 5.41) is 6.39. The van der Waals surface area contributed by atoms with Crippen LogP contribution in [0.4, 0.5) is 5.69 Å². The number of aryl methyl sites for hydroxylation is 2. The van der Waals surface area contributed by atoms with Crippen molar-refractivity contribution in [1.82, 2.24) is 14.7 Å². The van der Waals surface area contributed by atoms with Gasteiger partial charge in [0.25, 0.3) is 0 Å². The maximum Gasteiger partial charge on any atom is 0.142 e. The average molecular weight is 468 g/mol. The van der Waals surface area contributed by atoms with Gasteiger partial charge in [0.15, 0.2) is 0 Å². The number of hydrogen-bond donors (Lipinski definition) is 1. The Bertz CT molecular complexity index is 1050. The van der Waals surface area contributed by atoms with Crippen molar-refractivity contribution in [3.05, 3.63) is 74.0 Å². The minimum absolute atomic E-state index is 0.233. The molecule has 4 nitrogen and oxygen atoms in total. The van der Waals surface area contributed by atoms with E-state index in [1.807, 2.05) is 20.0 Å². The van der Waals surface area contributed by atoms with E-state index in [0.717, 1.165) is 40.0 Å². The largest absolute Gasteiger partial charge is 0.326 e. The van der Waals surface area contributed by atoms with E-state index in [9.17, 15) is 0 Å². The summed E-state index contributed by atoms with van der Waals surface area (Å²) in [6.45, 7) is 3.71. The number of fused-ring (bicyclic) bond motifs is 1. The molecule has 8 heteroatoms. The number of rotatable bonds is 4. The van der Waals surface area contributed by atoms with Gasteiger partial charge in [-0.3, -0.25) is 4.68 Å². The molecule has 0 bridgehead atoms. The molecule has 29 heavy (non-hydrogen) atoms. The van der Waals surface area contributed by atoms with Gasteiger partial charge in [0, 0.05) is 41.8 Å². The van der Waals surface area contributed by atoms with Gasteiger partial charge < -0.3 is 9.62 Å². The van der Waals surface area contributed by atoms with Crippen LogP contribution in [-0.2, 0) is 13.6 Å². The fourth-order valence-electron chi connectivity index (χ4n) is 3.75. The van der Waals surface area contributed by atoms with Gasteiger partial charge in [-0.1, -0.05) is 46.9 Å². The predicted octanol–water partition coefficient (Wildman–Crippen LogP) is 6.39. The van der Waals surface area contributed by atoms with Crippen LogP contribution in [0.5, 0.6) is 0 Å². The minimum atomic E-state index is 0.233. The zero-order valence-electron chi connectivity index (χ0n) is 16.3. The van der Waals surface area contributed by atoms with E-state index < -0.39 is 0 Å². The number of hydrogen-bond acceptors (Lipinski definition) is 4. The summed E-state index contributed by atoms with van der Waals surface area (Å²) < 4.78 is 5.04. The Morgan fingerprint density at radius 1 is 1.10 bits per heavy atom. The molecule has 0 saturated carbocycles. The monoisotopic (exact) mass is 466 g/mol. The molecule has 0 amide bonds. The number of nitrogens with zero attached hydrogens (tertiary/aromatic N) is 3. The molecule has 0 aliphatic carbocycles. The number of benzene rings is 2. The standard InChI is InChI=1S/C21H21Cl3N4S/c1-12-20(21(24)28(3)25-12)29-26-15-6-4-13(5-7-15)17-10-27(2)11-18-16(17)8-14(22)9-19(18)23/h4-9,17,26H,10-11H2,1-3H3. The summed E-state index contributed by atoms with van der Waals surface area (Å²) in [5.74, 6) is 0.233. The quantitative estimate of drug-likeness (QED) is 0.451. The lowest BCUT2D eigenvalue weighted by molar-refractivity contribution is 0.295. The van der Waals surface area contributed by atoms with E-state index in [1.165, 1.54) is 23.1 Å². The summed E-state index contributed by atoms with van der Waals surface area (Å²) in [6.07, 6.45) is 0. The average Bonchev–Trinajstić information content (AvgIpc) is 2.92. The van der Waals surface area contributed by atoms with E-state index in [2.05, 4.69) is 52.1 Å². The second-order valence-corrected chi connectivity index (χ2v) is 9.38. The van der Waals surface area contributed by atoms with Gasteiger partial charge in [0.1, 0.15) is 5.15 Å². The molecule has 1 aliphatic heterocycles. The molecule has 2 heterocycles. The molecule has 0 spiro atoms. The van der Waals surface area contributed by atoms with Gasteiger partial charge in [0.2, 0.25) is 0 Å². The van der Waals surface area contributed by atoms with Crippen molar-refractivity contribution < 1.29 is 0 Å². The van der Waals surface area contributed by atoms with E-state index in [4.69, 9.17) is 34.8 Å². The highest BCUT2D eigenvalue weighted by Gasteiger charge is 2.27. The summed E-state index contributed by atoms with van der Waals surface area (Å²) >= 11 is 20.6. The molecule has 4 rings (SSSR count). The van der Waals surface area contributed by atoms with E-state index in [-0.39, 0.29) is 5.92 Å². The molecule has 3 aromatic rings. The maximum absolute atomic E-state index is 6.48. The topological polar surface area (TPSA) is 33.1 Å². The SMILES string of the molecule is Cc1nn(C)c(Cl)c1SNc1ccc(C2CN(C)Cc3c(Cl)cc(Cl)cc32)cc1. The van der Waals surface area contributed by atoms with E-state index >= 15 is 0 Å². The highest BCUT2D eigenvalue weighted by atomic mass is 35.5. The zero-order chi connectivity index (χ0) is 20.7. The summed E-state index contributed by atoms with van der Waals surface area (Å²) in [7, 11) is 3.96. The molecule has 1 aliphatic rings. The fourth-order valence-corrected chi connectivity index (χ4v) is 5.37. The lowest BCUT2D eigenvalue weighted by Crippen LogP contribution is -2.31. The van der Waals surface area contributed by atoms with Gasteiger partial charge in [-0.25, -0.2) is 0 Å². The molecule has 1 N–H and O–H groups in total. The van der Waals surface area contributed by atoms with Gasteiger partial charge in [-0.2, -0.15) is 5.10 Å². The normalized spacial score (nSPS) is 16.7. The van der Waals surface area contributed by atoms with Crippen molar-refractivity contribution in [2.45, 2.75) is 24.3 Å². The number of halogens is 3. The number of aromatic nitrogens is 2. The third kappa shape index (κ3) is 4.25. The first-order valence-corrected chi connectivity index (χ1v) is 11.2. The predicted molar refractivity (Wildman–Crippen MR) is 124 cm³/mol. The van der Waals surface area contributed by atoms with Crippen molar-refractivity contribution in [3.8, 4) is 0 Å². The second-order valence-electron chi connectivity index (χ2n) is 7.36. The molecule has 0 fully saturated rings. The number of likely N-dealkylation sites (N-methyl/N-ethyl adjacent to an activating group) is 1. The van der Waals surface area contributed by atoms with Gasteiger partial charge in [-0.15, -0.1) is 0 Å². The third-order valence-corrected chi connectivity index (χ3v) is 7.31. The van der Waals surface area contributed by atoms with Crippen molar-refractivity contribution in [2.24, 2.45) is 7.05 Å². The van der Waals surface area contributed by atoms with Crippen LogP contribution in [0, 0.1) is 6.92 Å². The summed E-state index contributed by atoms with van der Waals surface area (Å²) in [5.41, 5.74) is 5.53. The molecule has 1 aromatic heterocycles. The van der Waals surface area contributed by atoms with Crippen LogP contribution in [0.3, 0.4) is 0 Å². The molecule has 1 atom stereocenters. The third-order valence-electron chi connectivity index (χ3n) is 5.18. The Kier molecular flexibility index (Phi) is 6.05. The van der Waals surface area contributed by atoms with Crippen molar-refractivity contribution >= 4 is 52.4 Å². The smallest absolute Gasteiger partial charge is 0.142 e. The summed E-state index contributed by atoms with van der Waals surface area (Å²) in [4.78, 5) is 3.23. The van der Waals surface area contributed by atoms with Crippen molar-refractivity contribution in [3.63, 3.8) is 0 Å². The highest BCUT2D eigenvalue weighted by Crippen LogP contribution is 2.39. The van der Waals surface area contributed by atoms with Crippen LogP contribution in [-0.4, -0.2) is 28.3 Å².